The van der Waals surface area contributed by atoms with Crippen molar-refractivity contribution in [3.05, 3.63) is 0 Å². The molecule has 0 saturated heterocycles. The molecule has 0 saturated carbocycles. The molecule has 4 heteroatoms. The van der Waals surface area contributed by atoms with E-state index in [1.807, 2.05) is 13.8 Å². The van der Waals surface area contributed by atoms with E-state index < -0.39 is 6.48 Å². The second-order valence-corrected chi connectivity index (χ2v) is 1.79. The lowest BCUT2D eigenvalue weighted by Crippen LogP contribution is -2.22. The topological polar surface area (TPSA) is 47.9 Å². The first kappa shape index (κ1) is 10.8. The van der Waals surface area contributed by atoms with Gasteiger partial charge in [0.25, 0.3) is 6.48 Å². The third kappa shape index (κ3) is 6.25. The molecule has 0 atom stereocenters. The molecule has 0 rings (SSSR count). The fourth-order valence-electron chi connectivity index (χ4n) is 0.565. The van der Waals surface area contributed by atoms with Crippen molar-refractivity contribution in [1.82, 2.24) is 0 Å². The van der Waals surface area contributed by atoms with Crippen LogP contribution in [0.3, 0.4) is 0 Å². The molecule has 4 nitrogen and oxygen atoms in total. The number of aliphatic hydroxyl groups excluding tert-OH is 1. The van der Waals surface area contributed by atoms with Crippen molar-refractivity contribution in [2.75, 3.05) is 26.4 Å². The fourth-order valence-corrected chi connectivity index (χ4v) is 0.565. The van der Waals surface area contributed by atoms with Gasteiger partial charge in [-0.05, 0) is 13.8 Å². The van der Waals surface area contributed by atoms with Gasteiger partial charge in [-0.1, -0.05) is 0 Å². The molecular formula is C7H16O4. The summed E-state index contributed by atoms with van der Waals surface area (Å²) in [6.07, 6.45) is 0. The van der Waals surface area contributed by atoms with Crippen molar-refractivity contribution in [3.63, 3.8) is 0 Å². The second-order valence-electron chi connectivity index (χ2n) is 1.79. The molecule has 0 bridgehead atoms. The third-order valence-electron chi connectivity index (χ3n) is 0.951. The average molecular weight is 164 g/mol. The van der Waals surface area contributed by atoms with Crippen molar-refractivity contribution in [3.8, 4) is 0 Å². The average Bonchev–Trinajstić information content (AvgIpc) is 2.01. The largest absolute Gasteiger partial charge is 0.394 e. The highest BCUT2D eigenvalue weighted by Crippen LogP contribution is 1.96. The van der Waals surface area contributed by atoms with Gasteiger partial charge in [-0.2, -0.15) is 0 Å². The lowest BCUT2D eigenvalue weighted by atomic mass is 10.8. The van der Waals surface area contributed by atoms with Crippen LogP contribution in [0.5, 0.6) is 0 Å². The van der Waals surface area contributed by atoms with Gasteiger partial charge >= 0.3 is 0 Å². The molecule has 0 aliphatic rings. The van der Waals surface area contributed by atoms with E-state index in [0.717, 1.165) is 0 Å². The first-order chi connectivity index (χ1) is 5.35. The highest BCUT2D eigenvalue weighted by Gasteiger charge is 2.05. The first-order valence-electron chi connectivity index (χ1n) is 3.80. The number of aliphatic hydroxyl groups is 1. The summed E-state index contributed by atoms with van der Waals surface area (Å²) in [5, 5.41) is 8.42. The van der Waals surface area contributed by atoms with E-state index in [4.69, 9.17) is 19.3 Å². The maximum Gasteiger partial charge on any atom is 0.271 e. The normalized spacial score (nSPS) is 10.9. The van der Waals surface area contributed by atoms with E-state index in [2.05, 4.69) is 0 Å². The van der Waals surface area contributed by atoms with Crippen LogP contribution in [0.4, 0.5) is 0 Å². The van der Waals surface area contributed by atoms with Crippen molar-refractivity contribution in [2.45, 2.75) is 20.3 Å². The van der Waals surface area contributed by atoms with Gasteiger partial charge in [0.15, 0.2) is 0 Å². The molecule has 0 aliphatic carbocycles. The molecule has 0 aromatic rings. The summed E-state index contributed by atoms with van der Waals surface area (Å²) in [6.45, 7) is 4.38. The Morgan fingerprint density at radius 3 is 2.00 bits per heavy atom. The molecule has 0 amide bonds. The van der Waals surface area contributed by atoms with E-state index in [1.165, 1.54) is 0 Å². The number of hydrogen-bond acceptors (Lipinski definition) is 4. The van der Waals surface area contributed by atoms with E-state index in [1.54, 1.807) is 0 Å². The maximum absolute atomic E-state index is 8.42. The third-order valence-corrected chi connectivity index (χ3v) is 0.951. The summed E-state index contributed by atoms with van der Waals surface area (Å²) < 4.78 is 15.0. The highest BCUT2D eigenvalue weighted by atomic mass is 16.8. The molecule has 0 aliphatic heterocycles. The zero-order chi connectivity index (χ0) is 8.53. The molecule has 0 spiro atoms. The molecule has 0 unspecified atom stereocenters. The zero-order valence-corrected chi connectivity index (χ0v) is 7.08. The monoisotopic (exact) mass is 164 g/mol. The molecule has 1 N–H and O–H groups in total. The minimum absolute atomic E-state index is 0.0172. The van der Waals surface area contributed by atoms with Gasteiger partial charge < -0.3 is 19.3 Å². The Morgan fingerprint density at radius 2 is 1.64 bits per heavy atom. The Bertz CT molecular complexity index is 70.8. The molecule has 0 fully saturated rings. The van der Waals surface area contributed by atoms with E-state index in [-0.39, 0.29) is 13.2 Å². The molecule has 0 aromatic carbocycles. The van der Waals surface area contributed by atoms with Crippen LogP contribution in [-0.2, 0) is 14.2 Å². The van der Waals surface area contributed by atoms with E-state index in [9.17, 15) is 0 Å². The summed E-state index contributed by atoms with van der Waals surface area (Å²) in [5.41, 5.74) is 0. The molecule has 0 aromatic heterocycles. The van der Waals surface area contributed by atoms with Crippen molar-refractivity contribution in [2.24, 2.45) is 0 Å². The lowest BCUT2D eigenvalue weighted by Gasteiger charge is -2.15. The van der Waals surface area contributed by atoms with Gasteiger partial charge in [0.2, 0.25) is 0 Å². The van der Waals surface area contributed by atoms with Crippen LogP contribution in [-0.4, -0.2) is 38.0 Å². The van der Waals surface area contributed by atoms with Crippen molar-refractivity contribution in [1.29, 1.82) is 0 Å². The number of ether oxygens (including phenoxy) is 3. The van der Waals surface area contributed by atoms with Crippen LogP contribution in [0.2, 0.25) is 0 Å². The Labute approximate surface area is 67.1 Å². The summed E-state index contributed by atoms with van der Waals surface area (Å²) in [4.78, 5) is 0. The van der Waals surface area contributed by atoms with Crippen molar-refractivity contribution >= 4 is 0 Å². The molecular weight excluding hydrogens is 148 g/mol. The smallest absolute Gasteiger partial charge is 0.271 e. The van der Waals surface area contributed by atoms with Crippen LogP contribution < -0.4 is 0 Å². The predicted molar refractivity (Wildman–Crippen MR) is 40.1 cm³/mol. The maximum atomic E-state index is 8.42. The highest BCUT2D eigenvalue weighted by molar-refractivity contribution is 4.27. The van der Waals surface area contributed by atoms with Gasteiger partial charge in [0.05, 0.1) is 13.2 Å². The van der Waals surface area contributed by atoms with E-state index in [0.29, 0.717) is 13.2 Å². The summed E-state index contributed by atoms with van der Waals surface area (Å²) in [6, 6.07) is 0. The summed E-state index contributed by atoms with van der Waals surface area (Å²) >= 11 is 0. The number of hydrogen-bond donors (Lipinski definition) is 1. The quantitative estimate of drug-likeness (QED) is 0.552. The Morgan fingerprint density at radius 1 is 1.09 bits per heavy atom. The van der Waals surface area contributed by atoms with Gasteiger partial charge in [0.1, 0.15) is 0 Å². The zero-order valence-electron chi connectivity index (χ0n) is 7.08. The van der Waals surface area contributed by atoms with Gasteiger partial charge in [-0.3, -0.25) is 0 Å². The summed E-state index contributed by atoms with van der Waals surface area (Å²) in [5.74, 6) is 0. The summed E-state index contributed by atoms with van der Waals surface area (Å²) in [7, 11) is 0. The predicted octanol–water partition coefficient (Wildman–Crippen LogP) is 0.352. The molecule has 68 valence electrons. The van der Waals surface area contributed by atoms with Crippen LogP contribution in [0.25, 0.3) is 0 Å². The van der Waals surface area contributed by atoms with Crippen LogP contribution in [0.15, 0.2) is 0 Å². The molecule has 0 heterocycles. The SMILES string of the molecule is CCOC(OCC)OCCO. The minimum atomic E-state index is -0.628. The molecule has 0 radical (unpaired) electrons. The van der Waals surface area contributed by atoms with Crippen LogP contribution >= 0.6 is 0 Å². The lowest BCUT2D eigenvalue weighted by molar-refractivity contribution is -0.286. The standard InChI is InChI=1S/C7H16O4/c1-3-9-7(10-4-2)11-6-5-8/h7-8H,3-6H2,1-2H3. The van der Waals surface area contributed by atoms with E-state index >= 15 is 0 Å². The fraction of sp³-hybridized carbons (Fsp3) is 1.00. The van der Waals surface area contributed by atoms with Crippen LogP contribution in [0, 0.1) is 0 Å². The van der Waals surface area contributed by atoms with Gasteiger partial charge in [0, 0.05) is 13.2 Å². The van der Waals surface area contributed by atoms with Crippen molar-refractivity contribution < 1.29 is 19.3 Å². The molecule has 11 heavy (non-hydrogen) atoms. The van der Waals surface area contributed by atoms with Gasteiger partial charge in [-0.25, -0.2) is 0 Å². The Balaban J connectivity index is 3.34. The Kier molecular flexibility index (Phi) is 7.83. The first-order valence-corrected chi connectivity index (χ1v) is 3.80. The second kappa shape index (κ2) is 7.94. The Hall–Kier alpha value is -0.160. The van der Waals surface area contributed by atoms with Crippen LogP contribution in [0.1, 0.15) is 13.8 Å². The number of rotatable bonds is 7. The van der Waals surface area contributed by atoms with Gasteiger partial charge in [-0.15, -0.1) is 0 Å². The minimum Gasteiger partial charge on any atom is -0.394 e.